The molecule has 0 radical (unpaired) electrons. The third-order valence-corrected chi connectivity index (χ3v) is 7.23. The lowest BCUT2D eigenvalue weighted by Crippen LogP contribution is -2.64. The lowest BCUT2D eigenvalue weighted by atomic mass is 9.65. The van der Waals surface area contributed by atoms with Crippen LogP contribution in [0.2, 0.25) is 0 Å². The van der Waals surface area contributed by atoms with Crippen molar-refractivity contribution < 1.29 is 19.1 Å². The highest BCUT2D eigenvalue weighted by atomic mass is 16.5. The van der Waals surface area contributed by atoms with E-state index in [0.29, 0.717) is 26.0 Å². The van der Waals surface area contributed by atoms with Gasteiger partial charge < -0.3 is 15.8 Å². The van der Waals surface area contributed by atoms with Gasteiger partial charge in [-0.25, -0.2) is 5.01 Å². The average molecular weight is 491 g/mol. The number of nitrogens with zero attached hydrogens (tertiary/aromatic N) is 2. The van der Waals surface area contributed by atoms with E-state index in [1.165, 1.54) is 5.01 Å². The highest BCUT2D eigenvalue weighted by Crippen LogP contribution is 2.41. The van der Waals surface area contributed by atoms with E-state index in [4.69, 9.17) is 10.5 Å². The molecule has 1 fully saturated rings. The lowest BCUT2D eigenvalue weighted by molar-refractivity contribution is -0.142. The molecule has 2 aromatic rings. The molecule has 0 aliphatic carbocycles. The number of ketones is 1. The zero-order valence-corrected chi connectivity index (χ0v) is 20.9. The summed E-state index contributed by atoms with van der Waals surface area (Å²) in [6.07, 6.45) is 1.20. The normalized spacial score (nSPS) is 23.1. The number of Topliss-reactive ketones (excluding diaryl/α,β-unsaturated/α-hetero) is 1. The van der Waals surface area contributed by atoms with Crippen molar-refractivity contribution in [3.8, 4) is 0 Å². The Hall–Kier alpha value is -3.36. The van der Waals surface area contributed by atoms with Crippen molar-refractivity contribution in [2.75, 3.05) is 20.2 Å². The number of carbonyl (C=O) groups excluding carboxylic acids is 3. The van der Waals surface area contributed by atoms with Crippen LogP contribution in [0, 0.1) is 17.3 Å². The molecule has 36 heavy (non-hydrogen) atoms. The van der Waals surface area contributed by atoms with Gasteiger partial charge in [0.25, 0.3) is 5.91 Å². The maximum Gasteiger partial charge on any atom is 0.256 e. The van der Waals surface area contributed by atoms with E-state index in [1.807, 2.05) is 60.7 Å². The molecule has 2 aliphatic heterocycles. The number of benzene rings is 2. The van der Waals surface area contributed by atoms with Gasteiger partial charge in [0.2, 0.25) is 5.91 Å². The van der Waals surface area contributed by atoms with E-state index in [-0.39, 0.29) is 24.7 Å². The van der Waals surface area contributed by atoms with Crippen LogP contribution in [0.5, 0.6) is 0 Å². The summed E-state index contributed by atoms with van der Waals surface area (Å²) in [6, 6.07) is 18.6. The van der Waals surface area contributed by atoms with Crippen molar-refractivity contribution in [3.05, 3.63) is 71.8 Å². The SMILES string of the molecule is CC(C[C@H](COCc1ccccc1)C(=O)C1NCCC2=NN(C)C(=O)[C@@]21Cc1ccccc1)C(N)=O. The second-order valence-corrected chi connectivity index (χ2v) is 9.79. The predicted molar refractivity (Wildman–Crippen MR) is 137 cm³/mol. The van der Waals surface area contributed by atoms with Gasteiger partial charge in [-0.05, 0) is 24.0 Å². The van der Waals surface area contributed by atoms with Crippen LogP contribution in [0.15, 0.2) is 65.8 Å². The van der Waals surface area contributed by atoms with Gasteiger partial charge >= 0.3 is 0 Å². The number of hydrogen-bond donors (Lipinski definition) is 2. The van der Waals surface area contributed by atoms with E-state index in [1.54, 1.807) is 14.0 Å². The van der Waals surface area contributed by atoms with Crippen molar-refractivity contribution in [2.45, 2.75) is 38.8 Å². The molecule has 2 heterocycles. The largest absolute Gasteiger partial charge is 0.376 e. The molecular weight excluding hydrogens is 456 g/mol. The fourth-order valence-electron chi connectivity index (χ4n) is 5.28. The van der Waals surface area contributed by atoms with Gasteiger partial charge in [0.1, 0.15) is 5.41 Å². The van der Waals surface area contributed by atoms with Crippen LogP contribution in [-0.2, 0) is 32.1 Å². The first-order chi connectivity index (χ1) is 17.3. The maximum absolute atomic E-state index is 14.2. The first-order valence-corrected chi connectivity index (χ1v) is 12.4. The fraction of sp³-hybridized carbons (Fsp3) is 0.429. The van der Waals surface area contributed by atoms with E-state index in [9.17, 15) is 14.4 Å². The molecule has 2 aromatic carbocycles. The Morgan fingerprint density at radius 3 is 2.42 bits per heavy atom. The molecule has 1 saturated heterocycles. The molecule has 8 heteroatoms. The number of rotatable bonds is 11. The minimum atomic E-state index is -1.11. The van der Waals surface area contributed by atoms with Gasteiger partial charge in [0, 0.05) is 31.8 Å². The number of nitrogens with two attached hydrogens (primary N) is 1. The van der Waals surface area contributed by atoms with Crippen LogP contribution in [0.3, 0.4) is 0 Å². The van der Waals surface area contributed by atoms with E-state index >= 15 is 0 Å². The van der Waals surface area contributed by atoms with Gasteiger partial charge in [-0.1, -0.05) is 67.6 Å². The molecule has 4 atom stereocenters. The van der Waals surface area contributed by atoms with E-state index in [0.717, 1.165) is 16.8 Å². The van der Waals surface area contributed by atoms with Crippen LogP contribution >= 0.6 is 0 Å². The first kappa shape index (κ1) is 25.7. The number of hydrazone groups is 1. The molecule has 0 bridgehead atoms. The highest BCUT2D eigenvalue weighted by molar-refractivity contribution is 6.17. The second kappa shape index (κ2) is 11.1. The third kappa shape index (κ3) is 5.24. The monoisotopic (exact) mass is 490 g/mol. The zero-order valence-electron chi connectivity index (χ0n) is 20.9. The Kier molecular flexibility index (Phi) is 7.96. The van der Waals surface area contributed by atoms with Crippen LogP contribution in [0.4, 0.5) is 0 Å². The molecular formula is C28H34N4O4. The summed E-state index contributed by atoms with van der Waals surface area (Å²) in [5.41, 5.74) is 7.11. The summed E-state index contributed by atoms with van der Waals surface area (Å²) in [4.78, 5) is 39.7. The van der Waals surface area contributed by atoms with Gasteiger partial charge in [0.05, 0.1) is 25.0 Å². The number of nitrogens with one attached hydrogen (secondary N) is 1. The summed E-state index contributed by atoms with van der Waals surface area (Å²) in [6.45, 7) is 2.73. The number of primary amides is 1. The molecule has 3 N–H and O–H groups in total. The molecule has 0 saturated carbocycles. The van der Waals surface area contributed by atoms with Gasteiger partial charge in [-0.2, -0.15) is 5.10 Å². The summed E-state index contributed by atoms with van der Waals surface area (Å²) in [5.74, 6) is -1.94. The zero-order chi connectivity index (χ0) is 25.7. The van der Waals surface area contributed by atoms with Crippen molar-refractivity contribution in [2.24, 2.45) is 28.1 Å². The number of amides is 2. The topological polar surface area (TPSA) is 114 Å². The van der Waals surface area contributed by atoms with Crippen molar-refractivity contribution in [1.29, 1.82) is 0 Å². The molecule has 8 nitrogen and oxygen atoms in total. The van der Waals surface area contributed by atoms with Gasteiger partial charge in [0.15, 0.2) is 5.78 Å². The quantitative estimate of drug-likeness (QED) is 0.502. The molecule has 2 aliphatic rings. The van der Waals surface area contributed by atoms with Crippen LogP contribution in [0.1, 0.15) is 30.9 Å². The van der Waals surface area contributed by atoms with Crippen molar-refractivity contribution in [3.63, 3.8) is 0 Å². The molecule has 190 valence electrons. The Bertz CT molecular complexity index is 1120. The first-order valence-electron chi connectivity index (χ1n) is 12.4. The number of hydrogen-bond acceptors (Lipinski definition) is 6. The van der Waals surface area contributed by atoms with Crippen LogP contribution in [-0.4, -0.2) is 54.6 Å². The van der Waals surface area contributed by atoms with Crippen molar-refractivity contribution >= 4 is 23.3 Å². The lowest BCUT2D eigenvalue weighted by Gasteiger charge is -2.41. The summed E-state index contributed by atoms with van der Waals surface area (Å²) in [5, 5.41) is 9.25. The molecule has 0 aromatic heterocycles. The van der Waals surface area contributed by atoms with Gasteiger partial charge in [-0.15, -0.1) is 0 Å². The van der Waals surface area contributed by atoms with E-state index in [2.05, 4.69) is 10.4 Å². The summed E-state index contributed by atoms with van der Waals surface area (Å²) >= 11 is 0. The Balaban J connectivity index is 1.63. The Morgan fingerprint density at radius 2 is 1.78 bits per heavy atom. The third-order valence-electron chi connectivity index (χ3n) is 7.23. The highest BCUT2D eigenvalue weighted by Gasteiger charge is 2.59. The average Bonchev–Trinajstić information content (AvgIpc) is 3.13. The van der Waals surface area contributed by atoms with Gasteiger partial charge in [-0.3, -0.25) is 14.4 Å². The predicted octanol–water partition coefficient (Wildman–Crippen LogP) is 2.32. The minimum absolute atomic E-state index is 0.126. The number of fused-ring (bicyclic) bond motifs is 1. The number of ether oxygens (including phenoxy) is 1. The van der Waals surface area contributed by atoms with E-state index < -0.39 is 29.2 Å². The Morgan fingerprint density at radius 1 is 1.14 bits per heavy atom. The van der Waals surface area contributed by atoms with Crippen LogP contribution < -0.4 is 11.1 Å². The molecule has 0 spiro atoms. The maximum atomic E-state index is 14.2. The van der Waals surface area contributed by atoms with Crippen molar-refractivity contribution in [1.82, 2.24) is 10.3 Å². The molecule has 2 amide bonds. The second-order valence-electron chi connectivity index (χ2n) is 9.79. The smallest absolute Gasteiger partial charge is 0.256 e. The minimum Gasteiger partial charge on any atom is -0.376 e. The standard InChI is InChI=1S/C28H34N4O4/c1-19(26(29)34)15-22(18-36-17-21-11-7-4-8-12-21)24(33)25-28(16-20-9-5-3-6-10-20)23(13-14-30-25)31-32(2)27(28)35/h3-12,19,22,25,30H,13-18H2,1-2H3,(H2,29,34)/t19?,22-,25?,28+/m1/s1. The fourth-order valence-corrected chi connectivity index (χ4v) is 5.28. The number of piperidine rings is 1. The Labute approximate surface area is 211 Å². The number of carbonyl (C=O) groups is 3. The summed E-state index contributed by atoms with van der Waals surface area (Å²) < 4.78 is 5.96. The van der Waals surface area contributed by atoms with Crippen LogP contribution in [0.25, 0.3) is 0 Å². The molecule has 2 unspecified atom stereocenters. The summed E-state index contributed by atoms with van der Waals surface area (Å²) in [7, 11) is 1.64. The molecule has 4 rings (SSSR count).